The van der Waals surface area contributed by atoms with Gasteiger partial charge in [0.05, 0.1) is 0 Å². The number of rotatable bonds is 5. The van der Waals surface area contributed by atoms with Gasteiger partial charge in [0.25, 0.3) is 0 Å². The van der Waals surface area contributed by atoms with Gasteiger partial charge in [-0.3, -0.25) is 4.79 Å². The van der Waals surface area contributed by atoms with E-state index in [1.54, 1.807) is 0 Å². The highest BCUT2D eigenvalue weighted by Crippen LogP contribution is 2.32. The molecule has 1 aromatic rings. The van der Waals surface area contributed by atoms with E-state index in [0.717, 1.165) is 37.1 Å². The normalized spacial score (nSPS) is 25.6. The number of hydrogen-bond acceptors (Lipinski definition) is 3. The van der Waals surface area contributed by atoms with E-state index in [4.69, 9.17) is 10.5 Å². The molecule has 0 aromatic heterocycles. The molecule has 1 saturated carbocycles. The molecule has 0 radical (unpaired) electrons. The summed E-state index contributed by atoms with van der Waals surface area (Å²) in [5.41, 5.74) is 7.41. The maximum Gasteiger partial charge on any atom is 0.237 e. The van der Waals surface area contributed by atoms with Gasteiger partial charge in [0.15, 0.2) is 0 Å². The van der Waals surface area contributed by atoms with Gasteiger partial charge >= 0.3 is 0 Å². The third kappa shape index (κ3) is 3.38. The van der Waals surface area contributed by atoms with Crippen LogP contribution in [-0.4, -0.2) is 24.1 Å². The highest BCUT2D eigenvalue weighted by molar-refractivity contribution is 5.84. The van der Waals surface area contributed by atoms with Crippen molar-refractivity contribution < 1.29 is 9.53 Å². The average Bonchev–Trinajstić information content (AvgIpc) is 2.44. The minimum absolute atomic E-state index is 0.0331. The van der Waals surface area contributed by atoms with E-state index < -0.39 is 5.54 Å². The van der Waals surface area contributed by atoms with Crippen LogP contribution < -0.4 is 15.8 Å². The van der Waals surface area contributed by atoms with Crippen LogP contribution in [0.25, 0.3) is 0 Å². The first-order valence-corrected chi connectivity index (χ1v) is 7.76. The van der Waals surface area contributed by atoms with Crippen molar-refractivity contribution in [3.05, 3.63) is 29.3 Å². The van der Waals surface area contributed by atoms with Crippen molar-refractivity contribution in [1.82, 2.24) is 5.32 Å². The van der Waals surface area contributed by atoms with Crippen molar-refractivity contribution in [1.29, 1.82) is 0 Å². The van der Waals surface area contributed by atoms with Gasteiger partial charge < -0.3 is 15.8 Å². The molecule has 0 saturated heterocycles. The number of nitrogens with two attached hydrogens (primary N) is 1. The fourth-order valence-corrected chi connectivity index (χ4v) is 3.17. The Hall–Kier alpha value is -1.55. The van der Waals surface area contributed by atoms with Gasteiger partial charge in [-0.05, 0) is 56.8 Å². The van der Waals surface area contributed by atoms with Gasteiger partial charge in [-0.25, -0.2) is 0 Å². The second-order valence-corrected chi connectivity index (χ2v) is 6.01. The molecule has 1 aliphatic rings. The molecule has 3 N–H and O–H groups in total. The first-order valence-electron chi connectivity index (χ1n) is 7.76. The van der Waals surface area contributed by atoms with Crippen LogP contribution in [-0.2, 0) is 4.79 Å². The molecule has 4 nitrogen and oxygen atoms in total. The van der Waals surface area contributed by atoms with Gasteiger partial charge in [0.2, 0.25) is 5.91 Å². The number of carbonyl (C=O) groups is 1. The van der Waals surface area contributed by atoms with Crippen molar-refractivity contribution in [2.24, 2.45) is 5.73 Å². The Morgan fingerprint density at radius 1 is 1.48 bits per heavy atom. The zero-order valence-corrected chi connectivity index (χ0v) is 13.2. The number of hydrogen-bond donors (Lipinski definition) is 2. The summed E-state index contributed by atoms with van der Waals surface area (Å²) in [6, 6.07) is 6.08. The van der Waals surface area contributed by atoms with Crippen LogP contribution >= 0.6 is 0 Å². The minimum Gasteiger partial charge on any atom is -0.490 e. The fourth-order valence-electron chi connectivity index (χ4n) is 3.17. The molecule has 1 amide bonds. The number of aryl methyl sites for hydroxylation is 1. The number of carbonyl (C=O) groups excluding carboxylic acids is 1. The summed E-state index contributed by atoms with van der Waals surface area (Å²) in [5, 5.41) is 3.28. The summed E-state index contributed by atoms with van der Waals surface area (Å²) in [4.78, 5) is 11.9. The lowest BCUT2D eigenvalue weighted by Crippen LogP contribution is -2.59. The Morgan fingerprint density at radius 2 is 2.24 bits per heavy atom. The quantitative estimate of drug-likeness (QED) is 0.875. The average molecular weight is 290 g/mol. The van der Waals surface area contributed by atoms with Crippen LogP contribution in [0, 0.1) is 13.8 Å². The Balaban J connectivity index is 2.14. The summed E-state index contributed by atoms with van der Waals surface area (Å²) >= 11 is 0. The molecule has 1 fully saturated rings. The molecule has 0 spiro atoms. The van der Waals surface area contributed by atoms with Gasteiger partial charge in [0, 0.05) is 6.42 Å². The number of amides is 1. The molecule has 0 heterocycles. The van der Waals surface area contributed by atoms with Crippen LogP contribution in [0.1, 0.15) is 43.7 Å². The third-order valence-electron chi connectivity index (χ3n) is 4.54. The summed E-state index contributed by atoms with van der Waals surface area (Å²) in [5.74, 6) is 0.649. The van der Waals surface area contributed by atoms with Gasteiger partial charge in [0.1, 0.15) is 17.4 Å². The van der Waals surface area contributed by atoms with Crippen molar-refractivity contribution in [2.45, 2.75) is 58.1 Å². The van der Waals surface area contributed by atoms with E-state index in [0.29, 0.717) is 6.42 Å². The second kappa shape index (κ2) is 6.48. The summed E-state index contributed by atoms with van der Waals surface area (Å²) in [6.45, 7) is 6.88. The SMILES string of the molecule is CCNC1(C(N)=O)CCCC(Oc2cccc(C)c2C)C1. The zero-order chi connectivity index (χ0) is 15.5. The Labute approximate surface area is 127 Å². The summed E-state index contributed by atoms with van der Waals surface area (Å²) in [6.07, 6.45) is 3.39. The van der Waals surface area contributed by atoms with Crippen LogP contribution in [0.2, 0.25) is 0 Å². The fraction of sp³-hybridized carbons (Fsp3) is 0.588. The van der Waals surface area contributed by atoms with E-state index in [-0.39, 0.29) is 12.0 Å². The zero-order valence-electron chi connectivity index (χ0n) is 13.2. The number of primary amides is 1. The molecule has 1 aromatic carbocycles. The van der Waals surface area contributed by atoms with Gasteiger partial charge in [-0.2, -0.15) is 0 Å². The standard InChI is InChI=1S/C17H26N2O2/c1-4-19-17(16(18)20)10-6-8-14(11-17)21-15-9-5-7-12(2)13(15)3/h5,7,9,14,19H,4,6,8,10-11H2,1-3H3,(H2,18,20). The maximum atomic E-state index is 11.9. The molecule has 116 valence electrons. The highest BCUT2D eigenvalue weighted by atomic mass is 16.5. The number of benzene rings is 1. The lowest BCUT2D eigenvalue weighted by molar-refractivity contribution is -0.127. The first-order chi connectivity index (χ1) is 9.98. The smallest absolute Gasteiger partial charge is 0.237 e. The topological polar surface area (TPSA) is 64.3 Å². The molecule has 2 atom stereocenters. The molecule has 4 heteroatoms. The predicted octanol–water partition coefficient (Wildman–Crippen LogP) is 2.46. The molecule has 2 rings (SSSR count). The van der Waals surface area contributed by atoms with Crippen LogP contribution in [0.3, 0.4) is 0 Å². The maximum absolute atomic E-state index is 11.9. The lowest BCUT2D eigenvalue weighted by Gasteiger charge is -2.39. The molecule has 2 unspecified atom stereocenters. The van der Waals surface area contributed by atoms with Gasteiger partial charge in [-0.15, -0.1) is 0 Å². The largest absolute Gasteiger partial charge is 0.490 e. The van der Waals surface area contributed by atoms with E-state index in [2.05, 4.69) is 25.2 Å². The summed E-state index contributed by atoms with van der Waals surface area (Å²) in [7, 11) is 0. The van der Waals surface area contributed by atoms with E-state index >= 15 is 0 Å². The molecular weight excluding hydrogens is 264 g/mol. The van der Waals surface area contributed by atoms with E-state index in [9.17, 15) is 4.79 Å². The Kier molecular flexibility index (Phi) is 4.88. The van der Waals surface area contributed by atoms with E-state index in [1.165, 1.54) is 5.56 Å². The number of ether oxygens (including phenoxy) is 1. The van der Waals surface area contributed by atoms with Crippen LogP contribution in [0.5, 0.6) is 5.75 Å². The molecule has 1 aliphatic carbocycles. The predicted molar refractivity (Wildman–Crippen MR) is 84.4 cm³/mol. The lowest BCUT2D eigenvalue weighted by atomic mass is 9.79. The number of likely N-dealkylation sites (N-methyl/N-ethyl adjacent to an activating group) is 1. The Morgan fingerprint density at radius 3 is 2.90 bits per heavy atom. The minimum atomic E-state index is -0.616. The van der Waals surface area contributed by atoms with Crippen LogP contribution in [0.15, 0.2) is 18.2 Å². The Bertz CT molecular complexity index is 512. The van der Waals surface area contributed by atoms with E-state index in [1.807, 2.05) is 19.1 Å². The van der Waals surface area contributed by atoms with Gasteiger partial charge in [-0.1, -0.05) is 19.1 Å². The monoisotopic (exact) mass is 290 g/mol. The van der Waals surface area contributed by atoms with Crippen LogP contribution in [0.4, 0.5) is 0 Å². The van der Waals surface area contributed by atoms with Crippen molar-refractivity contribution >= 4 is 5.91 Å². The van der Waals surface area contributed by atoms with Crippen molar-refractivity contribution in [3.63, 3.8) is 0 Å². The molecule has 0 bridgehead atoms. The van der Waals surface area contributed by atoms with Crippen molar-refractivity contribution in [2.75, 3.05) is 6.54 Å². The number of nitrogens with one attached hydrogen (secondary N) is 1. The molecule has 0 aliphatic heterocycles. The van der Waals surface area contributed by atoms with Crippen molar-refractivity contribution in [3.8, 4) is 5.75 Å². The first kappa shape index (κ1) is 15.8. The third-order valence-corrected chi connectivity index (χ3v) is 4.54. The second-order valence-electron chi connectivity index (χ2n) is 6.01. The highest BCUT2D eigenvalue weighted by Gasteiger charge is 2.41. The molecule has 21 heavy (non-hydrogen) atoms. The molecular formula is C17H26N2O2. The summed E-state index contributed by atoms with van der Waals surface area (Å²) < 4.78 is 6.17.